The maximum atomic E-state index is 10.9. The summed E-state index contributed by atoms with van der Waals surface area (Å²) in [6.07, 6.45) is 2.35. The Bertz CT molecular complexity index is 216. The van der Waals surface area contributed by atoms with Gasteiger partial charge in [0.1, 0.15) is 0 Å². The molecule has 0 aliphatic carbocycles. The van der Waals surface area contributed by atoms with Crippen LogP contribution in [-0.4, -0.2) is 34.5 Å². The van der Waals surface area contributed by atoms with Crippen molar-refractivity contribution in [3.05, 3.63) is 12.2 Å². The van der Waals surface area contributed by atoms with E-state index in [2.05, 4.69) is 0 Å². The topological polar surface area (TPSA) is 57.6 Å². The second kappa shape index (κ2) is 3.49. The second-order valence-electron chi connectivity index (χ2n) is 2.68. The number of nitrogens with zero attached hydrogens (tertiary/aromatic N) is 1. The highest BCUT2D eigenvalue weighted by molar-refractivity contribution is 6.12. The maximum absolute atomic E-state index is 10.9. The summed E-state index contributed by atoms with van der Waals surface area (Å²) < 4.78 is 0. The van der Waals surface area contributed by atoms with Crippen LogP contribution in [0.5, 0.6) is 0 Å². The van der Waals surface area contributed by atoms with E-state index in [0.29, 0.717) is 6.42 Å². The van der Waals surface area contributed by atoms with Gasteiger partial charge in [0.25, 0.3) is 11.8 Å². The molecule has 66 valence electrons. The quantitative estimate of drug-likeness (QED) is 0.589. The third kappa shape index (κ3) is 1.71. The summed E-state index contributed by atoms with van der Waals surface area (Å²) in [5, 5.41) is 9.18. The van der Waals surface area contributed by atoms with Gasteiger partial charge in [0, 0.05) is 12.2 Å². The Hall–Kier alpha value is -1.16. The van der Waals surface area contributed by atoms with Crippen molar-refractivity contribution in [3.8, 4) is 0 Å². The van der Waals surface area contributed by atoms with E-state index in [1.807, 2.05) is 0 Å². The van der Waals surface area contributed by atoms with Crippen LogP contribution in [-0.2, 0) is 9.59 Å². The molecule has 0 radical (unpaired) electrons. The Labute approximate surface area is 70.5 Å². The van der Waals surface area contributed by atoms with Gasteiger partial charge in [-0.3, -0.25) is 14.5 Å². The third-order valence-electron chi connectivity index (χ3n) is 1.77. The molecule has 0 spiro atoms. The van der Waals surface area contributed by atoms with E-state index in [0.717, 1.165) is 4.90 Å². The summed E-state index contributed by atoms with van der Waals surface area (Å²) in [6, 6.07) is 0. The fraction of sp³-hybridized carbons (Fsp3) is 0.500. The summed E-state index contributed by atoms with van der Waals surface area (Å²) in [4.78, 5) is 22.9. The SMILES string of the molecule is CCC(O)CN1C(=O)C=CC1=O. The first-order chi connectivity index (χ1) is 5.65. The molecule has 4 heteroatoms. The maximum Gasteiger partial charge on any atom is 0.253 e. The van der Waals surface area contributed by atoms with Crippen LogP contribution in [0.15, 0.2) is 12.2 Å². The molecule has 0 aromatic rings. The molecule has 1 unspecified atom stereocenters. The van der Waals surface area contributed by atoms with Crippen LogP contribution in [0.2, 0.25) is 0 Å². The number of amides is 2. The molecule has 1 N–H and O–H groups in total. The predicted molar refractivity (Wildman–Crippen MR) is 42.2 cm³/mol. The van der Waals surface area contributed by atoms with E-state index >= 15 is 0 Å². The Balaban J connectivity index is 2.53. The molecule has 1 rings (SSSR count). The van der Waals surface area contributed by atoms with E-state index in [1.54, 1.807) is 6.92 Å². The van der Waals surface area contributed by atoms with Crippen LogP contribution in [0.4, 0.5) is 0 Å². The average molecular weight is 169 g/mol. The van der Waals surface area contributed by atoms with Crippen molar-refractivity contribution in [2.75, 3.05) is 6.54 Å². The number of hydrogen-bond donors (Lipinski definition) is 1. The van der Waals surface area contributed by atoms with Crippen LogP contribution in [0.25, 0.3) is 0 Å². The van der Waals surface area contributed by atoms with Crippen molar-refractivity contribution in [2.45, 2.75) is 19.4 Å². The van der Waals surface area contributed by atoms with Gasteiger partial charge in [0.2, 0.25) is 0 Å². The van der Waals surface area contributed by atoms with Crippen LogP contribution >= 0.6 is 0 Å². The lowest BCUT2D eigenvalue weighted by atomic mass is 10.2. The lowest BCUT2D eigenvalue weighted by Crippen LogP contribution is -2.36. The summed E-state index contributed by atoms with van der Waals surface area (Å²) in [6.45, 7) is 1.89. The number of carbonyl (C=O) groups excluding carboxylic acids is 2. The molecular formula is C8H11NO3. The van der Waals surface area contributed by atoms with Crippen molar-refractivity contribution in [1.29, 1.82) is 0 Å². The Morgan fingerprint density at radius 2 is 1.92 bits per heavy atom. The van der Waals surface area contributed by atoms with Gasteiger partial charge in [-0.25, -0.2) is 0 Å². The predicted octanol–water partition coefficient (Wildman–Crippen LogP) is -0.318. The molecule has 0 aromatic carbocycles. The fourth-order valence-corrected chi connectivity index (χ4v) is 0.951. The highest BCUT2D eigenvalue weighted by Gasteiger charge is 2.24. The number of rotatable bonds is 3. The summed E-state index contributed by atoms with van der Waals surface area (Å²) >= 11 is 0. The molecule has 1 aliphatic heterocycles. The zero-order valence-electron chi connectivity index (χ0n) is 6.86. The summed E-state index contributed by atoms with van der Waals surface area (Å²) in [5.74, 6) is -0.681. The number of aliphatic hydroxyl groups is 1. The first-order valence-electron chi connectivity index (χ1n) is 3.86. The van der Waals surface area contributed by atoms with Gasteiger partial charge in [0.15, 0.2) is 0 Å². The van der Waals surface area contributed by atoms with Gasteiger partial charge in [-0.1, -0.05) is 6.92 Å². The molecule has 0 saturated carbocycles. The fourth-order valence-electron chi connectivity index (χ4n) is 0.951. The van der Waals surface area contributed by atoms with Crippen LogP contribution in [0.1, 0.15) is 13.3 Å². The molecule has 1 heterocycles. The first kappa shape index (κ1) is 8.93. The van der Waals surface area contributed by atoms with Crippen molar-refractivity contribution in [1.82, 2.24) is 4.90 Å². The second-order valence-corrected chi connectivity index (χ2v) is 2.68. The Morgan fingerprint density at radius 1 is 1.42 bits per heavy atom. The first-order valence-corrected chi connectivity index (χ1v) is 3.86. The minimum atomic E-state index is -0.613. The van der Waals surface area contributed by atoms with E-state index < -0.39 is 6.10 Å². The van der Waals surface area contributed by atoms with Crippen molar-refractivity contribution in [2.24, 2.45) is 0 Å². The molecule has 0 bridgehead atoms. The van der Waals surface area contributed by atoms with Crippen LogP contribution < -0.4 is 0 Å². The molecule has 0 saturated heterocycles. The van der Waals surface area contributed by atoms with E-state index in [-0.39, 0.29) is 18.4 Å². The largest absolute Gasteiger partial charge is 0.391 e. The lowest BCUT2D eigenvalue weighted by Gasteiger charge is -2.16. The van der Waals surface area contributed by atoms with E-state index in [9.17, 15) is 14.7 Å². The summed E-state index contributed by atoms with van der Waals surface area (Å²) in [7, 11) is 0. The zero-order valence-corrected chi connectivity index (χ0v) is 6.86. The monoisotopic (exact) mass is 169 g/mol. The third-order valence-corrected chi connectivity index (χ3v) is 1.77. The lowest BCUT2D eigenvalue weighted by molar-refractivity contribution is -0.138. The van der Waals surface area contributed by atoms with Crippen LogP contribution in [0, 0.1) is 0 Å². The number of β-amino-alcohol motifs (C(OH)–C–C–N with tert-alkyl or cyclic N) is 1. The molecular weight excluding hydrogens is 158 g/mol. The van der Waals surface area contributed by atoms with Crippen molar-refractivity contribution in [3.63, 3.8) is 0 Å². The van der Waals surface area contributed by atoms with Gasteiger partial charge in [-0.2, -0.15) is 0 Å². The minimum Gasteiger partial charge on any atom is -0.391 e. The number of carbonyl (C=O) groups is 2. The highest BCUT2D eigenvalue weighted by atomic mass is 16.3. The van der Waals surface area contributed by atoms with Gasteiger partial charge < -0.3 is 5.11 Å². The van der Waals surface area contributed by atoms with Crippen molar-refractivity contribution < 1.29 is 14.7 Å². The average Bonchev–Trinajstić information content (AvgIpc) is 2.35. The normalized spacial score (nSPS) is 19.0. The van der Waals surface area contributed by atoms with E-state index in [4.69, 9.17) is 0 Å². The smallest absolute Gasteiger partial charge is 0.253 e. The van der Waals surface area contributed by atoms with Crippen LogP contribution in [0.3, 0.4) is 0 Å². The molecule has 12 heavy (non-hydrogen) atoms. The molecule has 0 aromatic heterocycles. The molecule has 4 nitrogen and oxygen atoms in total. The Kier molecular flexibility index (Phi) is 2.60. The minimum absolute atomic E-state index is 0.0984. The summed E-state index contributed by atoms with van der Waals surface area (Å²) in [5.41, 5.74) is 0. The van der Waals surface area contributed by atoms with Gasteiger partial charge >= 0.3 is 0 Å². The van der Waals surface area contributed by atoms with Gasteiger partial charge in [-0.15, -0.1) is 0 Å². The number of aliphatic hydroxyl groups excluding tert-OH is 1. The molecule has 0 fully saturated rings. The van der Waals surface area contributed by atoms with Gasteiger partial charge in [0.05, 0.1) is 12.6 Å². The van der Waals surface area contributed by atoms with Gasteiger partial charge in [-0.05, 0) is 6.42 Å². The van der Waals surface area contributed by atoms with E-state index in [1.165, 1.54) is 12.2 Å². The number of imide groups is 1. The van der Waals surface area contributed by atoms with Crippen molar-refractivity contribution >= 4 is 11.8 Å². The number of hydrogen-bond acceptors (Lipinski definition) is 3. The molecule has 1 atom stereocenters. The standard InChI is InChI=1S/C8H11NO3/c1-2-6(10)5-9-7(11)3-4-8(9)12/h3-4,6,10H,2,5H2,1H3. The molecule has 1 aliphatic rings. The molecule has 2 amide bonds. The Morgan fingerprint density at radius 3 is 2.33 bits per heavy atom. The highest BCUT2D eigenvalue weighted by Crippen LogP contribution is 2.05. The zero-order chi connectivity index (χ0) is 9.14.